The maximum atomic E-state index is 12.5. The molecule has 1 aliphatic rings. The van der Waals surface area contributed by atoms with Crippen LogP contribution in [0.5, 0.6) is 0 Å². The molecule has 5 nitrogen and oxygen atoms in total. The summed E-state index contributed by atoms with van der Waals surface area (Å²) in [6.45, 7) is 4.38. The first-order chi connectivity index (χ1) is 9.99. The number of carbonyl (C=O) groups is 2. The molecule has 1 aliphatic heterocycles. The number of carbonyl (C=O) groups excluding carboxylic acids is 1. The number of carboxylic acid groups (broad SMARTS) is 1. The Kier molecular flexibility index (Phi) is 4.83. The van der Waals surface area contributed by atoms with Crippen molar-refractivity contribution in [1.29, 1.82) is 0 Å². The van der Waals surface area contributed by atoms with Gasteiger partial charge in [0, 0.05) is 12.2 Å². The molecule has 1 aromatic rings. The number of nitrogens with zero attached hydrogens (tertiary/aromatic N) is 1. The number of aliphatic carboxylic acids is 1. The quantitative estimate of drug-likeness (QED) is 0.879. The topological polar surface area (TPSA) is 69.6 Å². The number of aryl methyl sites for hydroxylation is 2. The Balaban J connectivity index is 2.16. The minimum Gasteiger partial charge on any atom is -0.480 e. The third-order valence-electron chi connectivity index (χ3n) is 3.93. The first kappa shape index (κ1) is 15.4. The summed E-state index contributed by atoms with van der Waals surface area (Å²) < 4.78 is 0. The fourth-order valence-electron chi connectivity index (χ4n) is 2.67. The molecule has 21 heavy (non-hydrogen) atoms. The predicted molar refractivity (Wildman–Crippen MR) is 81.5 cm³/mol. The summed E-state index contributed by atoms with van der Waals surface area (Å²) in [6, 6.07) is 4.79. The number of amides is 2. The summed E-state index contributed by atoms with van der Waals surface area (Å²) in [4.78, 5) is 25.3. The van der Waals surface area contributed by atoms with Gasteiger partial charge in [0.15, 0.2) is 0 Å². The summed E-state index contributed by atoms with van der Waals surface area (Å²) >= 11 is 0. The zero-order valence-corrected chi connectivity index (χ0v) is 12.6. The average Bonchev–Trinajstić information content (AvgIpc) is 2.68. The summed E-state index contributed by atoms with van der Waals surface area (Å²) in [5, 5.41) is 12.2. The summed E-state index contributed by atoms with van der Waals surface area (Å²) in [7, 11) is 0. The minimum absolute atomic E-state index is 0.321. The van der Waals surface area contributed by atoms with Crippen LogP contribution in [0.25, 0.3) is 0 Å². The Bertz CT molecular complexity index is 542. The second-order valence-electron chi connectivity index (χ2n) is 5.65. The molecular formula is C16H22N2O3. The zero-order valence-electron chi connectivity index (χ0n) is 12.6. The Labute approximate surface area is 125 Å². The molecule has 0 bridgehead atoms. The van der Waals surface area contributed by atoms with Crippen LogP contribution in [0.15, 0.2) is 18.2 Å². The van der Waals surface area contributed by atoms with Gasteiger partial charge >= 0.3 is 12.0 Å². The normalized spacial score (nSPS) is 19.0. The fourth-order valence-corrected chi connectivity index (χ4v) is 2.67. The Morgan fingerprint density at radius 3 is 2.71 bits per heavy atom. The first-order valence-electron chi connectivity index (χ1n) is 7.36. The van der Waals surface area contributed by atoms with Crippen LogP contribution in [0.3, 0.4) is 0 Å². The second kappa shape index (κ2) is 6.61. The molecule has 5 heteroatoms. The molecule has 1 saturated heterocycles. The average molecular weight is 290 g/mol. The maximum absolute atomic E-state index is 12.5. The summed E-state index contributed by atoms with van der Waals surface area (Å²) in [5.74, 6) is -0.923. The molecule has 1 fully saturated rings. The lowest BCUT2D eigenvalue weighted by Gasteiger charge is -2.27. The summed E-state index contributed by atoms with van der Waals surface area (Å²) in [5.41, 5.74) is 2.77. The van der Waals surface area contributed by atoms with Gasteiger partial charge in [0.1, 0.15) is 6.04 Å². The standard InChI is InChI=1S/C16H22N2O3/c1-11-7-8-12(2)13(10-11)17-16(21)18-9-5-3-4-6-14(18)15(19)20/h7-8,10,14H,3-6,9H2,1-2H3,(H,17,21)(H,19,20). The first-order valence-corrected chi connectivity index (χ1v) is 7.36. The van der Waals surface area contributed by atoms with Crippen molar-refractivity contribution in [3.63, 3.8) is 0 Å². The van der Waals surface area contributed by atoms with E-state index in [9.17, 15) is 14.7 Å². The number of urea groups is 1. The van der Waals surface area contributed by atoms with Crippen molar-refractivity contribution in [2.75, 3.05) is 11.9 Å². The molecule has 1 heterocycles. The van der Waals surface area contributed by atoms with Crippen molar-refractivity contribution >= 4 is 17.7 Å². The van der Waals surface area contributed by atoms with Gasteiger partial charge in [-0.1, -0.05) is 25.0 Å². The van der Waals surface area contributed by atoms with Gasteiger partial charge < -0.3 is 15.3 Å². The van der Waals surface area contributed by atoms with Crippen molar-refractivity contribution < 1.29 is 14.7 Å². The van der Waals surface area contributed by atoms with Crippen molar-refractivity contribution in [2.45, 2.75) is 45.6 Å². The van der Waals surface area contributed by atoms with Gasteiger partial charge in [-0.2, -0.15) is 0 Å². The molecule has 0 saturated carbocycles. The van der Waals surface area contributed by atoms with Crippen molar-refractivity contribution in [3.05, 3.63) is 29.3 Å². The second-order valence-corrected chi connectivity index (χ2v) is 5.65. The largest absolute Gasteiger partial charge is 0.480 e. The van der Waals surface area contributed by atoms with Gasteiger partial charge in [-0.15, -0.1) is 0 Å². The van der Waals surface area contributed by atoms with Gasteiger partial charge in [0.25, 0.3) is 0 Å². The fraction of sp³-hybridized carbons (Fsp3) is 0.500. The number of anilines is 1. The van der Waals surface area contributed by atoms with E-state index in [0.717, 1.165) is 36.1 Å². The van der Waals surface area contributed by atoms with Crippen LogP contribution in [-0.2, 0) is 4.79 Å². The van der Waals surface area contributed by atoms with E-state index in [4.69, 9.17) is 0 Å². The monoisotopic (exact) mass is 290 g/mol. The van der Waals surface area contributed by atoms with Gasteiger partial charge in [-0.3, -0.25) is 0 Å². The van der Waals surface area contributed by atoms with Crippen LogP contribution in [0.4, 0.5) is 10.5 Å². The molecule has 2 N–H and O–H groups in total. The third-order valence-corrected chi connectivity index (χ3v) is 3.93. The number of rotatable bonds is 2. The molecule has 0 radical (unpaired) electrons. The van der Waals surface area contributed by atoms with Crippen LogP contribution in [0, 0.1) is 13.8 Å². The molecule has 0 aliphatic carbocycles. The Hall–Kier alpha value is -2.04. The molecule has 1 unspecified atom stereocenters. The number of hydrogen-bond donors (Lipinski definition) is 2. The van der Waals surface area contributed by atoms with E-state index in [0.29, 0.717) is 13.0 Å². The molecular weight excluding hydrogens is 268 g/mol. The number of likely N-dealkylation sites (tertiary alicyclic amines) is 1. The number of benzene rings is 1. The van der Waals surface area contributed by atoms with Gasteiger partial charge in [0.05, 0.1) is 0 Å². The van der Waals surface area contributed by atoms with E-state index in [1.165, 1.54) is 4.90 Å². The van der Waals surface area contributed by atoms with Crippen LogP contribution >= 0.6 is 0 Å². The van der Waals surface area contributed by atoms with Gasteiger partial charge in [0.2, 0.25) is 0 Å². The van der Waals surface area contributed by atoms with Crippen LogP contribution in [-0.4, -0.2) is 34.6 Å². The lowest BCUT2D eigenvalue weighted by atomic mass is 10.1. The SMILES string of the molecule is Cc1ccc(C)c(NC(=O)N2CCCCCC2C(=O)O)c1. The van der Waals surface area contributed by atoms with E-state index in [1.807, 2.05) is 32.0 Å². The minimum atomic E-state index is -0.923. The van der Waals surface area contributed by atoms with E-state index in [-0.39, 0.29) is 6.03 Å². The highest BCUT2D eigenvalue weighted by atomic mass is 16.4. The third kappa shape index (κ3) is 3.74. The number of hydrogen-bond acceptors (Lipinski definition) is 2. The molecule has 2 rings (SSSR count). The van der Waals surface area contributed by atoms with Crippen molar-refractivity contribution in [3.8, 4) is 0 Å². The van der Waals surface area contributed by atoms with Crippen LogP contribution < -0.4 is 5.32 Å². The van der Waals surface area contributed by atoms with Crippen LogP contribution in [0.2, 0.25) is 0 Å². The highest BCUT2D eigenvalue weighted by molar-refractivity contribution is 5.93. The van der Waals surface area contributed by atoms with Crippen LogP contribution in [0.1, 0.15) is 36.8 Å². The number of carboxylic acids is 1. The van der Waals surface area contributed by atoms with E-state index in [1.54, 1.807) is 0 Å². The highest BCUT2D eigenvalue weighted by Gasteiger charge is 2.30. The highest BCUT2D eigenvalue weighted by Crippen LogP contribution is 2.21. The van der Waals surface area contributed by atoms with Gasteiger partial charge in [-0.05, 0) is 43.9 Å². The zero-order chi connectivity index (χ0) is 15.4. The lowest BCUT2D eigenvalue weighted by Crippen LogP contribution is -2.46. The van der Waals surface area contributed by atoms with Crippen molar-refractivity contribution in [1.82, 2.24) is 4.90 Å². The van der Waals surface area contributed by atoms with E-state index < -0.39 is 12.0 Å². The van der Waals surface area contributed by atoms with Crippen molar-refractivity contribution in [2.24, 2.45) is 0 Å². The van der Waals surface area contributed by atoms with E-state index >= 15 is 0 Å². The molecule has 0 aromatic heterocycles. The van der Waals surface area contributed by atoms with E-state index in [2.05, 4.69) is 5.32 Å². The molecule has 1 aromatic carbocycles. The lowest BCUT2D eigenvalue weighted by molar-refractivity contribution is -0.142. The Morgan fingerprint density at radius 2 is 2.00 bits per heavy atom. The maximum Gasteiger partial charge on any atom is 0.326 e. The Morgan fingerprint density at radius 1 is 1.24 bits per heavy atom. The predicted octanol–water partition coefficient (Wildman–Crippen LogP) is 3.16. The smallest absolute Gasteiger partial charge is 0.326 e. The molecule has 1 atom stereocenters. The number of nitrogens with one attached hydrogen (secondary N) is 1. The summed E-state index contributed by atoms with van der Waals surface area (Å²) in [6.07, 6.45) is 3.20. The molecule has 0 spiro atoms. The van der Waals surface area contributed by atoms with Gasteiger partial charge in [-0.25, -0.2) is 9.59 Å². The molecule has 2 amide bonds. The molecule has 114 valence electrons.